The van der Waals surface area contributed by atoms with Crippen molar-refractivity contribution in [3.8, 4) is 0 Å². The summed E-state index contributed by atoms with van der Waals surface area (Å²) in [5.41, 5.74) is -0.0612. The predicted molar refractivity (Wildman–Crippen MR) is 101 cm³/mol. The molecule has 0 radical (unpaired) electrons. The number of aliphatic hydroxyl groups is 1. The van der Waals surface area contributed by atoms with Gasteiger partial charge in [-0.1, -0.05) is 13.0 Å². The number of piperidine rings is 2. The van der Waals surface area contributed by atoms with E-state index in [0.717, 1.165) is 44.3 Å². The number of aromatic nitrogens is 1. The van der Waals surface area contributed by atoms with Crippen molar-refractivity contribution in [3.63, 3.8) is 0 Å². The summed E-state index contributed by atoms with van der Waals surface area (Å²) >= 11 is 0. The molecule has 1 aromatic heterocycles. The van der Waals surface area contributed by atoms with Gasteiger partial charge in [-0.2, -0.15) is 0 Å². The number of amides is 1. The second-order valence-corrected chi connectivity index (χ2v) is 8.36. The molecule has 26 heavy (non-hydrogen) atoms. The Morgan fingerprint density at radius 3 is 2.65 bits per heavy atom. The fourth-order valence-corrected chi connectivity index (χ4v) is 5.42. The van der Waals surface area contributed by atoms with E-state index in [0.29, 0.717) is 25.4 Å². The lowest BCUT2D eigenvalue weighted by atomic mass is 9.83. The maximum atomic E-state index is 13.0. The summed E-state index contributed by atoms with van der Waals surface area (Å²) in [5, 5.41) is 11.2. The number of likely N-dealkylation sites (tertiary alicyclic amines) is 1. The summed E-state index contributed by atoms with van der Waals surface area (Å²) in [7, 11) is 0. The van der Waals surface area contributed by atoms with Crippen molar-refractivity contribution in [2.45, 2.75) is 82.0 Å². The normalized spacial score (nSPS) is 34.8. The van der Waals surface area contributed by atoms with E-state index in [9.17, 15) is 9.90 Å². The minimum atomic E-state index is -0.844. The lowest BCUT2D eigenvalue weighted by molar-refractivity contribution is -0.139. The highest BCUT2D eigenvalue weighted by atomic mass is 16.3. The van der Waals surface area contributed by atoms with E-state index in [1.165, 1.54) is 6.42 Å². The van der Waals surface area contributed by atoms with E-state index in [2.05, 4.69) is 21.7 Å². The van der Waals surface area contributed by atoms with Gasteiger partial charge in [-0.3, -0.25) is 14.7 Å². The number of fused-ring (bicyclic) bond motifs is 2. The Hall–Kier alpha value is -1.46. The molecule has 3 fully saturated rings. The van der Waals surface area contributed by atoms with Gasteiger partial charge in [-0.15, -0.1) is 0 Å². The van der Waals surface area contributed by atoms with Gasteiger partial charge >= 0.3 is 0 Å². The van der Waals surface area contributed by atoms with Crippen molar-refractivity contribution in [2.24, 2.45) is 0 Å². The Kier molecular flexibility index (Phi) is 5.02. The molecule has 0 aliphatic carbocycles. The van der Waals surface area contributed by atoms with E-state index < -0.39 is 5.60 Å². The third-order valence-corrected chi connectivity index (χ3v) is 6.80. The molecular weight excluding hydrogens is 326 g/mol. The lowest BCUT2D eigenvalue weighted by Crippen LogP contribution is -2.54. The predicted octanol–water partition coefficient (Wildman–Crippen LogP) is 2.69. The summed E-state index contributed by atoms with van der Waals surface area (Å²) in [6.07, 6.45) is 9.85. The third-order valence-electron chi connectivity index (χ3n) is 6.80. The van der Waals surface area contributed by atoms with Crippen molar-refractivity contribution in [2.75, 3.05) is 13.1 Å². The quantitative estimate of drug-likeness (QED) is 0.900. The number of pyridine rings is 1. The topological polar surface area (TPSA) is 56.7 Å². The van der Waals surface area contributed by atoms with E-state index in [1.54, 1.807) is 6.20 Å². The number of rotatable bonds is 4. The molecule has 5 nitrogen and oxygen atoms in total. The summed E-state index contributed by atoms with van der Waals surface area (Å²) in [6.45, 7) is 3.62. The van der Waals surface area contributed by atoms with Gasteiger partial charge in [0, 0.05) is 30.9 Å². The molecule has 0 saturated carbocycles. The standard InChI is InChI=1S/C21H31N3O2/c1-2-16-7-4-6-12-23(16)20(25)15-24-17-9-10-18(24)14-21(26,13-17)19-8-3-5-11-22-19/h3,5,8,11,16-18,26H,2,4,6-7,9-10,12-15H2,1H3/t16-,17-,18+,21?/m1/s1. The summed E-state index contributed by atoms with van der Waals surface area (Å²) in [6, 6.07) is 6.75. The zero-order valence-corrected chi connectivity index (χ0v) is 15.8. The first-order chi connectivity index (χ1) is 12.6. The molecule has 1 amide bonds. The maximum absolute atomic E-state index is 13.0. The SMILES string of the molecule is CC[C@@H]1CCCCN1C(=O)CN1[C@@H]2CC[C@H]1CC(O)(c1ccccn1)C2. The molecule has 3 aliphatic heterocycles. The minimum absolute atomic E-state index is 0.287. The monoisotopic (exact) mass is 357 g/mol. The first-order valence-electron chi connectivity index (χ1n) is 10.3. The number of carbonyl (C=O) groups is 1. The Morgan fingerprint density at radius 2 is 2.00 bits per heavy atom. The van der Waals surface area contributed by atoms with E-state index in [4.69, 9.17) is 0 Å². The van der Waals surface area contributed by atoms with Crippen LogP contribution in [0.25, 0.3) is 0 Å². The van der Waals surface area contributed by atoms with Crippen molar-refractivity contribution >= 4 is 5.91 Å². The molecule has 5 heteroatoms. The van der Waals surface area contributed by atoms with Crippen LogP contribution in [-0.2, 0) is 10.4 Å². The van der Waals surface area contributed by atoms with E-state index in [1.807, 2.05) is 18.2 Å². The van der Waals surface area contributed by atoms with Crippen LogP contribution < -0.4 is 0 Å². The summed E-state index contributed by atoms with van der Waals surface area (Å²) in [4.78, 5) is 21.9. The van der Waals surface area contributed by atoms with Crippen LogP contribution in [0.4, 0.5) is 0 Å². The van der Waals surface area contributed by atoms with Crippen LogP contribution in [-0.4, -0.2) is 57.0 Å². The second-order valence-electron chi connectivity index (χ2n) is 8.36. The molecular formula is C21H31N3O2. The molecule has 3 saturated heterocycles. The number of nitrogens with zero attached hydrogens (tertiary/aromatic N) is 3. The molecule has 4 heterocycles. The third kappa shape index (κ3) is 3.27. The Labute approximate surface area is 156 Å². The minimum Gasteiger partial charge on any atom is -0.383 e. The highest BCUT2D eigenvalue weighted by Gasteiger charge is 2.49. The average molecular weight is 357 g/mol. The molecule has 0 aromatic carbocycles. The van der Waals surface area contributed by atoms with Crippen LogP contribution in [0.5, 0.6) is 0 Å². The molecule has 4 rings (SSSR count). The van der Waals surface area contributed by atoms with Gasteiger partial charge in [-0.05, 0) is 63.5 Å². The van der Waals surface area contributed by atoms with Crippen LogP contribution in [0, 0.1) is 0 Å². The Balaban J connectivity index is 1.44. The molecule has 4 atom stereocenters. The van der Waals surface area contributed by atoms with Gasteiger partial charge < -0.3 is 10.0 Å². The maximum Gasteiger partial charge on any atom is 0.237 e. The molecule has 1 N–H and O–H groups in total. The molecule has 3 aliphatic rings. The lowest BCUT2D eigenvalue weighted by Gasteiger charge is -2.44. The second kappa shape index (κ2) is 7.28. The van der Waals surface area contributed by atoms with Gasteiger partial charge in [-0.25, -0.2) is 0 Å². The smallest absolute Gasteiger partial charge is 0.237 e. The largest absolute Gasteiger partial charge is 0.383 e. The number of hydrogen-bond acceptors (Lipinski definition) is 4. The van der Waals surface area contributed by atoms with Crippen molar-refractivity contribution in [1.29, 1.82) is 0 Å². The summed E-state index contributed by atoms with van der Waals surface area (Å²) in [5.74, 6) is 0.289. The molecule has 0 spiro atoms. The van der Waals surface area contributed by atoms with Crippen LogP contribution in [0.15, 0.2) is 24.4 Å². The number of carbonyl (C=O) groups excluding carboxylic acids is 1. The Bertz CT molecular complexity index is 621. The highest BCUT2D eigenvalue weighted by molar-refractivity contribution is 5.79. The fourth-order valence-electron chi connectivity index (χ4n) is 5.42. The van der Waals surface area contributed by atoms with Crippen LogP contribution in [0.1, 0.15) is 64.0 Å². The van der Waals surface area contributed by atoms with Crippen LogP contribution in [0.3, 0.4) is 0 Å². The van der Waals surface area contributed by atoms with Gasteiger partial charge in [0.2, 0.25) is 5.91 Å². The van der Waals surface area contributed by atoms with Gasteiger partial charge in [0.05, 0.1) is 12.2 Å². The zero-order chi connectivity index (χ0) is 18.1. The summed E-state index contributed by atoms with van der Waals surface area (Å²) < 4.78 is 0. The van der Waals surface area contributed by atoms with E-state index in [-0.39, 0.29) is 18.0 Å². The van der Waals surface area contributed by atoms with Gasteiger partial charge in [0.1, 0.15) is 5.60 Å². The van der Waals surface area contributed by atoms with E-state index >= 15 is 0 Å². The van der Waals surface area contributed by atoms with Crippen molar-refractivity contribution in [1.82, 2.24) is 14.8 Å². The molecule has 1 aromatic rings. The van der Waals surface area contributed by atoms with Gasteiger partial charge in [0.15, 0.2) is 0 Å². The highest BCUT2D eigenvalue weighted by Crippen LogP contribution is 2.45. The van der Waals surface area contributed by atoms with Gasteiger partial charge in [0.25, 0.3) is 0 Å². The number of hydrogen-bond donors (Lipinski definition) is 1. The first-order valence-corrected chi connectivity index (χ1v) is 10.3. The van der Waals surface area contributed by atoms with Crippen LogP contribution in [0.2, 0.25) is 0 Å². The zero-order valence-electron chi connectivity index (χ0n) is 15.8. The van der Waals surface area contributed by atoms with Crippen LogP contribution >= 0.6 is 0 Å². The molecule has 2 bridgehead atoms. The molecule has 142 valence electrons. The Morgan fingerprint density at radius 1 is 1.23 bits per heavy atom. The van der Waals surface area contributed by atoms with Crippen molar-refractivity contribution < 1.29 is 9.90 Å². The fraction of sp³-hybridized carbons (Fsp3) is 0.714. The first kappa shape index (κ1) is 17.9. The molecule has 1 unspecified atom stereocenters. The van der Waals surface area contributed by atoms with Crippen molar-refractivity contribution in [3.05, 3.63) is 30.1 Å². The average Bonchev–Trinajstić information content (AvgIpc) is 2.92.